The second-order valence-electron chi connectivity index (χ2n) is 1.13. The number of rotatable bonds is 3. The molecule has 46 valence electrons. The lowest BCUT2D eigenvalue weighted by atomic mass is 10.5. The average molecular weight is 135 g/mol. The van der Waals surface area contributed by atoms with Crippen LogP contribution in [-0.4, -0.2) is 6.47 Å². The van der Waals surface area contributed by atoms with Gasteiger partial charge in [0.1, 0.15) is 0 Å². The Labute approximate surface area is 53.1 Å². The van der Waals surface area contributed by atoms with E-state index in [1.807, 2.05) is 6.92 Å². The standard InChI is InChI=1S/C5H7ClO2/c1-2-3-5(6)8-4-7/h3-4H,2H2,1H3. The van der Waals surface area contributed by atoms with E-state index in [2.05, 4.69) is 4.74 Å². The van der Waals surface area contributed by atoms with Crippen molar-refractivity contribution in [2.45, 2.75) is 13.3 Å². The quantitative estimate of drug-likeness (QED) is 0.433. The Kier molecular flexibility index (Phi) is 4.36. The Morgan fingerprint density at radius 3 is 2.88 bits per heavy atom. The van der Waals surface area contributed by atoms with Crippen LogP contribution >= 0.6 is 11.6 Å². The van der Waals surface area contributed by atoms with Crippen LogP contribution in [0.1, 0.15) is 13.3 Å². The molecule has 2 nitrogen and oxygen atoms in total. The monoisotopic (exact) mass is 134 g/mol. The summed E-state index contributed by atoms with van der Waals surface area (Å²) in [6.07, 6.45) is 2.38. The van der Waals surface area contributed by atoms with Gasteiger partial charge in [-0.05, 0) is 24.1 Å². The third-order valence-electron chi connectivity index (χ3n) is 0.525. The van der Waals surface area contributed by atoms with Gasteiger partial charge in [-0.3, -0.25) is 4.79 Å². The zero-order valence-corrected chi connectivity index (χ0v) is 5.31. The van der Waals surface area contributed by atoms with Gasteiger partial charge >= 0.3 is 0 Å². The van der Waals surface area contributed by atoms with E-state index in [1.54, 1.807) is 6.08 Å². The summed E-state index contributed by atoms with van der Waals surface area (Å²) in [5.41, 5.74) is 0. The van der Waals surface area contributed by atoms with Crippen LogP contribution < -0.4 is 0 Å². The maximum atomic E-state index is 9.54. The van der Waals surface area contributed by atoms with Crippen molar-refractivity contribution in [3.05, 3.63) is 11.3 Å². The summed E-state index contributed by atoms with van der Waals surface area (Å²) >= 11 is 5.29. The molecule has 0 saturated heterocycles. The summed E-state index contributed by atoms with van der Waals surface area (Å²) in [7, 11) is 0. The molecule has 0 aromatic heterocycles. The highest BCUT2D eigenvalue weighted by molar-refractivity contribution is 6.28. The lowest BCUT2D eigenvalue weighted by Gasteiger charge is -1.88. The van der Waals surface area contributed by atoms with Crippen molar-refractivity contribution < 1.29 is 9.53 Å². The van der Waals surface area contributed by atoms with Crippen LogP contribution in [0, 0.1) is 0 Å². The van der Waals surface area contributed by atoms with Crippen molar-refractivity contribution in [1.82, 2.24) is 0 Å². The molecule has 8 heavy (non-hydrogen) atoms. The van der Waals surface area contributed by atoms with Gasteiger partial charge in [0.25, 0.3) is 6.47 Å². The molecule has 0 aliphatic carbocycles. The molecule has 0 aromatic rings. The van der Waals surface area contributed by atoms with E-state index < -0.39 is 0 Å². The third kappa shape index (κ3) is 3.68. The minimum Gasteiger partial charge on any atom is -0.417 e. The minimum atomic E-state index is 0.141. The zero-order chi connectivity index (χ0) is 6.41. The number of hydrogen-bond acceptors (Lipinski definition) is 2. The second-order valence-corrected chi connectivity index (χ2v) is 1.50. The molecule has 0 aliphatic heterocycles. The van der Waals surface area contributed by atoms with Crippen molar-refractivity contribution >= 4 is 18.1 Å². The summed E-state index contributed by atoms with van der Waals surface area (Å²) in [5, 5.41) is 0.141. The molecular weight excluding hydrogens is 128 g/mol. The topological polar surface area (TPSA) is 26.3 Å². The van der Waals surface area contributed by atoms with Gasteiger partial charge < -0.3 is 4.74 Å². The van der Waals surface area contributed by atoms with E-state index in [1.165, 1.54) is 0 Å². The summed E-state index contributed by atoms with van der Waals surface area (Å²) in [6.45, 7) is 2.20. The summed E-state index contributed by atoms with van der Waals surface area (Å²) in [4.78, 5) is 9.54. The van der Waals surface area contributed by atoms with E-state index >= 15 is 0 Å². The Hall–Kier alpha value is -0.500. The zero-order valence-electron chi connectivity index (χ0n) is 4.56. The first-order chi connectivity index (χ1) is 3.81. The second kappa shape index (κ2) is 4.65. The SMILES string of the molecule is CCC=C(Cl)OC=O. The molecule has 0 aliphatic rings. The summed E-state index contributed by atoms with van der Waals surface area (Å²) in [5.74, 6) is 0. The number of hydrogen-bond donors (Lipinski definition) is 0. The first-order valence-electron chi connectivity index (χ1n) is 2.27. The molecule has 0 aromatic carbocycles. The van der Waals surface area contributed by atoms with Gasteiger partial charge in [0.2, 0.25) is 0 Å². The van der Waals surface area contributed by atoms with E-state index in [0.29, 0.717) is 6.47 Å². The highest BCUT2D eigenvalue weighted by atomic mass is 35.5. The van der Waals surface area contributed by atoms with Gasteiger partial charge in [-0.15, -0.1) is 0 Å². The van der Waals surface area contributed by atoms with Crippen LogP contribution in [-0.2, 0) is 9.53 Å². The number of ether oxygens (including phenoxy) is 1. The van der Waals surface area contributed by atoms with Gasteiger partial charge in [0, 0.05) is 0 Å². The first kappa shape index (κ1) is 7.50. The number of allylic oxidation sites excluding steroid dienone is 1. The van der Waals surface area contributed by atoms with E-state index in [4.69, 9.17) is 11.6 Å². The predicted molar refractivity (Wildman–Crippen MR) is 31.4 cm³/mol. The first-order valence-corrected chi connectivity index (χ1v) is 2.65. The van der Waals surface area contributed by atoms with Gasteiger partial charge in [0.05, 0.1) is 0 Å². The van der Waals surface area contributed by atoms with Crippen molar-refractivity contribution in [2.75, 3.05) is 0 Å². The largest absolute Gasteiger partial charge is 0.417 e. The average Bonchev–Trinajstić information content (AvgIpc) is 1.68. The number of carbonyl (C=O) groups is 1. The fourth-order valence-electron chi connectivity index (χ4n) is 0.255. The maximum absolute atomic E-state index is 9.54. The fourth-order valence-corrected chi connectivity index (χ4v) is 0.445. The van der Waals surface area contributed by atoms with Crippen molar-refractivity contribution in [3.8, 4) is 0 Å². The van der Waals surface area contributed by atoms with Crippen LogP contribution in [0.25, 0.3) is 0 Å². The van der Waals surface area contributed by atoms with Crippen LogP contribution in [0.15, 0.2) is 11.3 Å². The molecule has 0 unspecified atom stereocenters. The van der Waals surface area contributed by atoms with Gasteiger partial charge in [-0.1, -0.05) is 6.92 Å². The van der Waals surface area contributed by atoms with Crippen LogP contribution in [0.4, 0.5) is 0 Å². The third-order valence-corrected chi connectivity index (χ3v) is 0.769. The molecule has 0 fully saturated rings. The molecular formula is C5H7ClO2. The normalized spacial score (nSPS) is 11.0. The molecule has 0 bridgehead atoms. The van der Waals surface area contributed by atoms with Gasteiger partial charge in [-0.2, -0.15) is 0 Å². The summed E-state index contributed by atoms with van der Waals surface area (Å²) < 4.78 is 4.23. The highest BCUT2D eigenvalue weighted by Crippen LogP contribution is 2.01. The Morgan fingerprint density at radius 2 is 2.50 bits per heavy atom. The minimum absolute atomic E-state index is 0.141. The number of carbonyl (C=O) groups excluding carboxylic acids is 1. The maximum Gasteiger partial charge on any atom is 0.299 e. The smallest absolute Gasteiger partial charge is 0.299 e. The molecule has 3 heteroatoms. The van der Waals surface area contributed by atoms with Gasteiger partial charge in [-0.25, -0.2) is 0 Å². The molecule has 0 atom stereocenters. The van der Waals surface area contributed by atoms with Crippen molar-refractivity contribution in [3.63, 3.8) is 0 Å². The predicted octanol–water partition coefficient (Wildman–Crippen LogP) is 1.65. The number of halogens is 1. The molecule has 0 heterocycles. The molecule has 0 rings (SSSR count). The molecule has 0 N–H and O–H groups in total. The Balaban J connectivity index is 3.44. The van der Waals surface area contributed by atoms with Crippen LogP contribution in [0.3, 0.4) is 0 Å². The lowest BCUT2D eigenvalue weighted by Crippen LogP contribution is -1.78. The van der Waals surface area contributed by atoms with Crippen LogP contribution in [0.5, 0.6) is 0 Å². The van der Waals surface area contributed by atoms with E-state index in [9.17, 15) is 4.79 Å². The van der Waals surface area contributed by atoms with Crippen LogP contribution in [0.2, 0.25) is 0 Å². The molecule has 0 spiro atoms. The summed E-state index contributed by atoms with van der Waals surface area (Å²) in [6, 6.07) is 0. The fraction of sp³-hybridized carbons (Fsp3) is 0.400. The van der Waals surface area contributed by atoms with Crippen molar-refractivity contribution in [1.29, 1.82) is 0 Å². The van der Waals surface area contributed by atoms with Gasteiger partial charge in [0.15, 0.2) is 5.22 Å². The molecule has 0 amide bonds. The molecule has 0 saturated carbocycles. The Morgan fingerprint density at radius 1 is 1.88 bits per heavy atom. The highest BCUT2D eigenvalue weighted by Gasteiger charge is 1.84. The Bertz CT molecular complexity index is 98.6. The van der Waals surface area contributed by atoms with E-state index in [-0.39, 0.29) is 5.22 Å². The van der Waals surface area contributed by atoms with E-state index in [0.717, 1.165) is 6.42 Å². The van der Waals surface area contributed by atoms with Crippen molar-refractivity contribution in [2.24, 2.45) is 0 Å². The lowest BCUT2D eigenvalue weighted by molar-refractivity contribution is -0.124. The molecule has 0 radical (unpaired) electrons.